The zero-order valence-electron chi connectivity index (χ0n) is 10.8. The van der Waals surface area contributed by atoms with Gasteiger partial charge in [-0.2, -0.15) is 0 Å². The van der Waals surface area contributed by atoms with Gasteiger partial charge in [-0.1, -0.05) is 25.1 Å². The Bertz CT molecular complexity index is 509. The Labute approximate surface area is 111 Å². The highest BCUT2D eigenvalue weighted by Crippen LogP contribution is 2.16. The van der Waals surface area contributed by atoms with Crippen LogP contribution in [0.1, 0.15) is 25.3 Å². The zero-order valence-corrected chi connectivity index (χ0v) is 10.8. The number of hydrogen-bond donors (Lipinski definition) is 1. The third-order valence-corrected chi connectivity index (χ3v) is 3.13. The number of hydrogen-bond acceptors (Lipinski definition) is 3. The van der Waals surface area contributed by atoms with Gasteiger partial charge in [0.25, 0.3) is 0 Å². The Morgan fingerprint density at radius 2 is 1.84 bits per heavy atom. The first-order chi connectivity index (χ1) is 9.11. The second-order valence-corrected chi connectivity index (χ2v) is 4.43. The number of carbonyl (C=O) groups excluding carboxylic acids is 3. The molecule has 5 nitrogen and oxygen atoms in total. The number of amides is 3. The molecular formula is C14H16N2O3. The molecule has 3 amide bonds. The van der Waals surface area contributed by atoms with Crippen molar-refractivity contribution in [2.45, 2.75) is 26.2 Å². The number of para-hydroxylation sites is 1. The van der Waals surface area contributed by atoms with Crippen molar-refractivity contribution in [3.63, 3.8) is 0 Å². The van der Waals surface area contributed by atoms with Crippen LogP contribution in [0.5, 0.6) is 0 Å². The number of aryl methyl sites for hydroxylation is 1. The predicted octanol–water partition coefficient (Wildman–Crippen LogP) is 1.34. The lowest BCUT2D eigenvalue weighted by molar-refractivity contribution is -0.141. The first kappa shape index (κ1) is 13.3. The Kier molecular flexibility index (Phi) is 3.94. The highest BCUT2D eigenvalue weighted by molar-refractivity contribution is 6.06. The van der Waals surface area contributed by atoms with Crippen molar-refractivity contribution < 1.29 is 14.4 Å². The number of benzene rings is 1. The molecule has 5 heteroatoms. The lowest BCUT2D eigenvalue weighted by Gasteiger charge is -2.14. The Balaban J connectivity index is 2.01. The van der Waals surface area contributed by atoms with E-state index in [2.05, 4.69) is 5.32 Å². The summed E-state index contributed by atoms with van der Waals surface area (Å²) in [5.41, 5.74) is 1.75. The van der Waals surface area contributed by atoms with Crippen molar-refractivity contribution in [3.05, 3.63) is 29.8 Å². The van der Waals surface area contributed by atoms with Crippen molar-refractivity contribution in [1.82, 2.24) is 4.90 Å². The van der Waals surface area contributed by atoms with Crippen LogP contribution in [0.15, 0.2) is 24.3 Å². The number of anilines is 1. The molecule has 0 aliphatic carbocycles. The molecule has 2 rings (SSSR count). The highest BCUT2D eigenvalue weighted by atomic mass is 16.2. The summed E-state index contributed by atoms with van der Waals surface area (Å²) in [6.07, 6.45) is 1.22. The fourth-order valence-corrected chi connectivity index (χ4v) is 2.08. The van der Waals surface area contributed by atoms with E-state index < -0.39 is 0 Å². The van der Waals surface area contributed by atoms with Gasteiger partial charge in [-0.15, -0.1) is 0 Å². The molecule has 100 valence electrons. The van der Waals surface area contributed by atoms with Gasteiger partial charge in [0.2, 0.25) is 17.7 Å². The lowest BCUT2D eigenvalue weighted by Crippen LogP contribution is -2.37. The molecule has 1 fully saturated rings. The summed E-state index contributed by atoms with van der Waals surface area (Å²) in [5.74, 6) is -0.891. The van der Waals surface area contributed by atoms with Crippen LogP contribution in [0, 0.1) is 0 Å². The molecule has 1 aliphatic rings. The van der Waals surface area contributed by atoms with E-state index in [1.807, 2.05) is 31.2 Å². The smallest absolute Gasteiger partial charge is 0.244 e. The topological polar surface area (TPSA) is 66.5 Å². The van der Waals surface area contributed by atoms with Gasteiger partial charge in [0.15, 0.2) is 0 Å². The van der Waals surface area contributed by atoms with Gasteiger partial charge >= 0.3 is 0 Å². The van der Waals surface area contributed by atoms with Gasteiger partial charge in [0.05, 0.1) is 0 Å². The minimum Gasteiger partial charge on any atom is -0.324 e. The number of nitrogens with one attached hydrogen (secondary N) is 1. The first-order valence-corrected chi connectivity index (χ1v) is 6.32. The van der Waals surface area contributed by atoms with Crippen molar-refractivity contribution in [2.75, 3.05) is 11.9 Å². The molecule has 1 aliphatic heterocycles. The van der Waals surface area contributed by atoms with Crippen LogP contribution in [0.4, 0.5) is 5.69 Å². The number of rotatable bonds is 4. The molecule has 1 saturated heterocycles. The average Bonchev–Trinajstić information content (AvgIpc) is 2.71. The quantitative estimate of drug-likeness (QED) is 0.831. The second-order valence-electron chi connectivity index (χ2n) is 4.43. The Morgan fingerprint density at radius 3 is 2.47 bits per heavy atom. The predicted molar refractivity (Wildman–Crippen MR) is 70.4 cm³/mol. The average molecular weight is 260 g/mol. The molecular weight excluding hydrogens is 244 g/mol. The van der Waals surface area contributed by atoms with E-state index in [-0.39, 0.29) is 37.1 Å². The third-order valence-electron chi connectivity index (χ3n) is 3.13. The lowest BCUT2D eigenvalue weighted by atomic mass is 10.1. The van der Waals surface area contributed by atoms with E-state index in [0.717, 1.165) is 22.6 Å². The maximum Gasteiger partial charge on any atom is 0.244 e. The second kappa shape index (κ2) is 5.65. The van der Waals surface area contributed by atoms with Gasteiger partial charge in [-0.05, 0) is 18.1 Å². The van der Waals surface area contributed by atoms with Crippen molar-refractivity contribution in [2.24, 2.45) is 0 Å². The normalized spacial score (nSPS) is 14.9. The number of likely N-dealkylation sites (tertiary alicyclic amines) is 1. The molecule has 1 aromatic carbocycles. The molecule has 0 atom stereocenters. The van der Waals surface area contributed by atoms with Crippen LogP contribution < -0.4 is 5.32 Å². The fraction of sp³-hybridized carbons (Fsp3) is 0.357. The van der Waals surface area contributed by atoms with Crippen LogP contribution in [-0.4, -0.2) is 29.2 Å². The summed E-state index contributed by atoms with van der Waals surface area (Å²) in [7, 11) is 0. The summed E-state index contributed by atoms with van der Waals surface area (Å²) in [5, 5.41) is 2.74. The molecule has 1 N–H and O–H groups in total. The van der Waals surface area contributed by atoms with Crippen molar-refractivity contribution in [3.8, 4) is 0 Å². The fourth-order valence-electron chi connectivity index (χ4n) is 2.08. The maximum atomic E-state index is 11.9. The number of carbonyl (C=O) groups is 3. The number of nitrogens with zero attached hydrogens (tertiary/aromatic N) is 1. The Morgan fingerprint density at radius 1 is 1.21 bits per heavy atom. The van der Waals surface area contributed by atoms with E-state index in [1.54, 1.807) is 0 Å². The van der Waals surface area contributed by atoms with Gasteiger partial charge < -0.3 is 5.32 Å². The van der Waals surface area contributed by atoms with Gasteiger partial charge in [0.1, 0.15) is 6.54 Å². The third kappa shape index (κ3) is 2.99. The van der Waals surface area contributed by atoms with Gasteiger partial charge in [-0.3, -0.25) is 19.3 Å². The molecule has 0 bridgehead atoms. The van der Waals surface area contributed by atoms with Gasteiger partial charge in [-0.25, -0.2) is 0 Å². The zero-order chi connectivity index (χ0) is 13.8. The minimum absolute atomic E-state index is 0.199. The standard InChI is InChI=1S/C14H16N2O3/c1-2-10-5-3-4-6-11(10)15-12(17)9-16-13(18)7-8-14(16)19/h3-6H,2,7-9H2,1H3,(H,15,17). The SMILES string of the molecule is CCc1ccccc1NC(=O)CN1C(=O)CCC1=O. The van der Waals surface area contributed by atoms with Crippen LogP contribution in [0.25, 0.3) is 0 Å². The van der Waals surface area contributed by atoms with E-state index in [9.17, 15) is 14.4 Å². The van der Waals surface area contributed by atoms with E-state index in [1.165, 1.54) is 0 Å². The van der Waals surface area contributed by atoms with Crippen molar-refractivity contribution in [1.29, 1.82) is 0 Å². The summed E-state index contributed by atoms with van der Waals surface area (Å²) in [6.45, 7) is 1.80. The minimum atomic E-state index is -0.343. The molecule has 0 saturated carbocycles. The summed E-state index contributed by atoms with van der Waals surface area (Å²) in [6, 6.07) is 7.48. The highest BCUT2D eigenvalue weighted by Gasteiger charge is 2.30. The molecule has 1 heterocycles. The van der Waals surface area contributed by atoms with E-state index in [0.29, 0.717) is 0 Å². The Hall–Kier alpha value is -2.17. The van der Waals surface area contributed by atoms with E-state index >= 15 is 0 Å². The maximum absolute atomic E-state index is 11.9. The monoisotopic (exact) mass is 260 g/mol. The van der Waals surface area contributed by atoms with Crippen LogP contribution in [0.3, 0.4) is 0 Å². The molecule has 0 aromatic heterocycles. The molecule has 0 spiro atoms. The van der Waals surface area contributed by atoms with Gasteiger partial charge in [0, 0.05) is 18.5 Å². The molecule has 1 aromatic rings. The van der Waals surface area contributed by atoms with Crippen LogP contribution in [0.2, 0.25) is 0 Å². The molecule has 0 radical (unpaired) electrons. The van der Waals surface area contributed by atoms with E-state index in [4.69, 9.17) is 0 Å². The summed E-state index contributed by atoms with van der Waals surface area (Å²) >= 11 is 0. The summed E-state index contributed by atoms with van der Waals surface area (Å²) < 4.78 is 0. The number of imide groups is 1. The summed E-state index contributed by atoms with van der Waals surface area (Å²) in [4.78, 5) is 35.7. The van der Waals surface area contributed by atoms with Crippen LogP contribution in [-0.2, 0) is 20.8 Å². The molecule has 19 heavy (non-hydrogen) atoms. The molecule has 0 unspecified atom stereocenters. The van der Waals surface area contributed by atoms with Crippen LogP contribution >= 0.6 is 0 Å². The largest absolute Gasteiger partial charge is 0.324 e. The van der Waals surface area contributed by atoms with Crippen molar-refractivity contribution >= 4 is 23.4 Å². The first-order valence-electron chi connectivity index (χ1n) is 6.32.